The van der Waals surface area contributed by atoms with Gasteiger partial charge < -0.3 is 10.0 Å². The van der Waals surface area contributed by atoms with Gasteiger partial charge in [0.05, 0.1) is 19.2 Å². The molecule has 3 heterocycles. The van der Waals surface area contributed by atoms with Crippen LogP contribution in [-0.2, 0) is 26.0 Å². The third-order valence-corrected chi connectivity index (χ3v) is 6.76. The fraction of sp³-hybridized carbons (Fsp3) is 0.600. The molecule has 2 aliphatic rings. The summed E-state index contributed by atoms with van der Waals surface area (Å²) in [6, 6.07) is -1.40. The second-order valence-corrected chi connectivity index (χ2v) is 7.73. The van der Waals surface area contributed by atoms with Crippen LogP contribution in [0.25, 0.3) is 0 Å². The molecule has 0 spiro atoms. The molecule has 3 rings (SSSR count). The summed E-state index contributed by atoms with van der Waals surface area (Å²) in [5, 5.41) is 15.6. The molecule has 10 heteroatoms. The van der Waals surface area contributed by atoms with Gasteiger partial charge in [0.1, 0.15) is 10.1 Å². The van der Waals surface area contributed by atoms with Crippen molar-refractivity contribution in [1.82, 2.24) is 19.9 Å². The molecule has 2 fully saturated rings. The second kappa shape index (κ2) is 3.78. The van der Waals surface area contributed by atoms with E-state index in [9.17, 15) is 23.1 Å². The summed E-state index contributed by atoms with van der Waals surface area (Å²) >= 11 is 0. The molecule has 108 valence electrons. The van der Waals surface area contributed by atoms with Crippen molar-refractivity contribution in [2.45, 2.75) is 36.1 Å². The van der Waals surface area contributed by atoms with Gasteiger partial charge >= 0.3 is 5.97 Å². The normalized spacial score (nSPS) is 34.6. The first-order chi connectivity index (χ1) is 9.29. The highest BCUT2D eigenvalue weighted by atomic mass is 32.2. The predicted molar refractivity (Wildman–Crippen MR) is 64.0 cm³/mol. The van der Waals surface area contributed by atoms with Crippen LogP contribution in [0.15, 0.2) is 12.4 Å². The highest BCUT2D eigenvalue weighted by molar-refractivity contribution is 7.93. The Morgan fingerprint density at radius 2 is 2.30 bits per heavy atom. The van der Waals surface area contributed by atoms with Crippen LogP contribution >= 0.6 is 0 Å². The number of carboxylic acid groups (broad SMARTS) is 1. The zero-order valence-electron chi connectivity index (χ0n) is 10.5. The van der Waals surface area contributed by atoms with Gasteiger partial charge in [-0.15, -0.1) is 5.10 Å². The minimum atomic E-state index is -3.80. The highest BCUT2D eigenvalue weighted by Crippen LogP contribution is 2.46. The van der Waals surface area contributed by atoms with Gasteiger partial charge in [0, 0.05) is 6.20 Å². The largest absolute Gasteiger partial charge is 0.480 e. The van der Waals surface area contributed by atoms with Gasteiger partial charge in [-0.3, -0.25) is 9.48 Å². The zero-order chi connectivity index (χ0) is 14.7. The number of β-lactam (4-membered cyclic amide) rings is 1. The fourth-order valence-electron chi connectivity index (χ4n) is 2.93. The second-order valence-electron chi connectivity index (χ2n) is 5.16. The average molecular weight is 300 g/mol. The van der Waals surface area contributed by atoms with E-state index in [1.54, 1.807) is 0 Å². The number of aliphatic carboxylic acids is 1. The summed E-state index contributed by atoms with van der Waals surface area (Å²) in [5.41, 5.74) is 0. The molecule has 0 aromatic carbocycles. The summed E-state index contributed by atoms with van der Waals surface area (Å²) in [7, 11) is -3.80. The molecular formula is C10H12N4O5S. The molecule has 1 unspecified atom stereocenters. The number of carboxylic acids is 1. The van der Waals surface area contributed by atoms with E-state index in [0.717, 1.165) is 4.90 Å². The van der Waals surface area contributed by atoms with Crippen molar-refractivity contribution < 1.29 is 23.1 Å². The molecule has 0 bridgehead atoms. The molecule has 9 nitrogen and oxygen atoms in total. The molecule has 0 radical (unpaired) electrons. The van der Waals surface area contributed by atoms with Crippen LogP contribution in [0.1, 0.15) is 13.3 Å². The van der Waals surface area contributed by atoms with Crippen molar-refractivity contribution >= 4 is 21.7 Å². The smallest absolute Gasteiger partial charge is 0.328 e. The minimum Gasteiger partial charge on any atom is -0.480 e. The van der Waals surface area contributed by atoms with Crippen molar-refractivity contribution in [3.05, 3.63) is 12.4 Å². The minimum absolute atomic E-state index is 0.154. The summed E-state index contributed by atoms with van der Waals surface area (Å²) in [6.07, 6.45) is 2.68. The maximum atomic E-state index is 12.5. The lowest BCUT2D eigenvalue weighted by molar-refractivity contribution is -0.157. The summed E-state index contributed by atoms with van der Waals surface area (Å²) in [5.74, 6) is -1.78. The van der Waals surface area contributed by atoms with Crippen molar-refractivity contribution in [2.75, 3.05) is 0 Å². The van der Waals surface area contributed by atoms with E-state index in [1.807, 2.05) is 0 Å². The lowest BCUT2D eigenvalue weighted by Gasteiger charge is -2.35. The number of aromatic nitrogens is 3. The number of amides is 1. The van der Waals surface area contributed by atoms with Gasteiger partial charge in [-0.25, -0.2) is 13.2 Å². The summed E-state index contributed by atoms with van der Waals surface area (Å²) in [4.78, 5) is 24.0. The predicted octanol–water partition coefficient (Wildman–Crippen LogP) is -1.52. The number of fused-ring (bicyclic) bond motifs is 1. The van der Waals surface area contributed by atoms with Crippen LogP contribution in [0.2, 0.25) is 0 Å². The van der Waals surface area contributed by atoms with Gasteiger partial charge in [0.2, 0.25) is 5.91 Å². The van der Waals surface area contributed by atoms with Gasteiger partial charge in [0.25, 0.3) is 0 Å². The van der Waals surface area contributed by atoms with E-state index in [1.165, 1.54) is 24.0 Å². The topological polar surface area (TPSA) is 122 Å². The first kappa shape index (κ1) is 13.0. The van der Waals surface area contributed by atoms with Crippen LogP contribution in [0, 0.1) is 0 Å². The SMILES string of the molecule is C[C@@]1(Cn2ccnn2)[C@H](C(=O)O)N2C(=O)CC2S1(=O)=O. The van der Waals surface area contributed by atoms with Gasteiger partial charge in [-0.05, 0) is 6.92 Å². The van der Waals surface area contributed by atoms with E-state index in [-0.39, 0.29) is 13.0 Å². The van der Waals surface area contributed by atoms with Crippen molar-refractivity contribution in [1.29, 1.82) is 0 Å². The van der Waals surface area contributed by atoms with E-state index in [2.05, 4.69) is 10.3 Å². The first-order valence-corrected chi connectivity index (χ1v) is 7.45. The number of carbonyl (C=O) groups is 2. The quantitative estimate of drug-likeness (QED) is 0.672. The Kier molecular flexibility index (Phi) is 2.46. The Bertz CT molecular complexity index is 685. The van der Waals surface area contributed by atoms with Crippen LogP contribution in [0.4, 0.5) is 0 Å². The van der Waals surface area contributed by atoms with Gasteiger partial charge in [0.15, 0.2) is 15.9 Å². The Hall–Kier alpha value is -1.97. The Labute approximate surface area is 114 Å². The molecule has 2 saturated heterocycles. The highest BCUT2D eigenvalue weighted by Gasteiger charge is 2.70. The van der Waals surface area contributed by atoms with Gasteiger partial charge in [-0.1, -0.05) is 5.21 Å². The van der Waals surface area contributed by atoms with E-state index in [4.69, 9.17) is 0 Å². The Morgan fingerprint density at radius 3 is 2.80 bits per heavy atom. The molecule has 2 aliphatic heterocycles. The molecule has 1 aromatic heterocycles. The molecule has 3 atom stereocenters. The monoisotopic (exact) mass is 300 g/mol. The lowest BCUT2D eigenvalue weighted by Crippen LogP contribution is -2.58. The number of rotatable bonds is 3. The molecule has 0 saturated carbocycles. The Balaban J connectivity index is 2.10. The van der Waals surface area contributed by atoms with Crippen LogP contribution in [0.3, 0.4) is 0 Å². The first-order valence-electron chi connectivity index (χ1n) is 5.90. The van der Waals surface area contributed by atoms with Crippen molar-refractivity contribution in [2.24, 2.45) is 0 Å². The molecule has 1 aromatic rings. The van der Waals surface area contributed by atoms with E-state index in [0.29, 0.717) is 0 Å². The maximum Gasteiger partial charge on any atom is 0.328 e. The molecule has 20 heavy (non-hydrogen) atoms. The van der Waals surface area contributed by atoms with E-state index >= 15 is 0 Å². The standard InChI is InChI=1S/C10H12N4O5S/c1-10(5-13-3-2-11-12-13)8(9(16)17)14-6(15)4-7(14)20(10,18)19/h2-3,7-8H,4-5H2,1H3,(H,16,17)/t7?,8-,10+/m0/s1. The van der Waals surface area contributed by atoms with E-state index < -0.39 is 37.9 Å². The Morgan fingerprint density at radius 1 is 1.60 bits per heavy atom. The summed E-state index contributed by atoms with van der Waals surface area (Å²) in [6.45, 7) is 1.18. The van der Waals surface area contributed by atoms with Crippen LogP contribution in [0.5, 0.6) is 0 Å². The number of carbonyl (C=O) groups excluding carboxylic acids is 1. The summed E-state index contributed by atoms with van der Waals surface area (Å²) < 4.78 is 24.7. The van der Waals surface area contributed by atoms with Crippen molar-refractivity contribution in [3.63, 3.8) is 0 Å². The molecule has 0 aliphatic carbocycles. The average Bonchev–Trinajstić information content (AvgIpc) is 2.87. The van der Waals surface area contributed by atoms with Crippen LogP contribution in [-0.4, -0.2) is 61.5 Å². The molecule has 1 N–H and O–H groups in total. The number of sulfone groups is 1. The maximum absolute atomic E-state index is 12.5. The number of hydrogen-bond donors (Lipinski definition) is 1. The zero-order valence-corrected chi connectivity index (χ0v) is 11.3. The number of nitrogens with zero attached hydrogens (tertiary/aromatic N) is 4. The third kappa shape index (κ3) is 1.39. The molecule has 1 amide bonds. The molecular weight excluding hydrogens is 288 g/mol. The fourth-order valence-corrected chi connectivity index (χ4v) is 5.29. The number of hydrogen-bond acceptors (Lipinski definition) is 6. The van der Waals surface area contributed by atoms with Gasteiger partial charge in [-0.2, -0.15) is 0 Å². The van der Waals surface area contributed by atoms with Crippen molar-refractivity contribution in [3.8, 4) is 0 Å². The lowest BCUT2D eigenvalue weighted by atomic mass is 9.96. The third-order valence-electron chi connectivity index (χ3n) is 3.99. The van der Waals surface area contributed by atoms with Crippen LogP contribution < -0.4 is 0 Å².